The van der Waals surface area contributed by atoms with Crippen molar-refractivity contribution in [2.45, 2.75) is 6.61 Å². The number of ether oxygens (including phenoxy) is 1. The van der Waals surface area contributed by atoms with Crippen molar-refractivity contribution in [3.8, 4) is 11.1 Å². The predicted molar refractivity (Wildman–Crippen MR) is 120 cm³/mol. The maximum Gasteiger partial charge on any atom is 0.412 e. The number of hydrogen-bond donors (Lipinski definition) is 3. The minimum absolute atomic E-state index is 0.155. The summed E-state index contributed by atoms with van der Waals surface area (Å²) in [4.78, 5) is 19.6. The van der Waals surface area contributed by atoms with Gasteiger partial charge in [-0.2, -0.15) is 0 Å². The first kappa shape index (κ1) is 20.4. The fourth-order valence-corrected chi connectivity index (χ4v) is 3.76. The molecule has 3 N–H and O–H groups in total. The average molecular weight is 436 g/mol. The number of para-hydroxylation sites is 1. The Morgan fingerprint density at radius 1 is 1.06 bits per heavy atom. The third kappa shape index (κ3) is 5.01. The highest BCUT2D eigenvalue weighted by Crippen LogP contribution is 2.34. The molecule has 2 aromatic heterocycles. The molecule has 158 valence electrons. The highest BCUT2D eigenvalue weighted by Gasteiger charge is 2.14. The minimum Gasteiger partial charge on any atom is -0.444 e. The quantitative estimate of drug-likeness (QED) is 0.416. The molecule has 4 aromatic rings. The number of pyridine rings is 1. The second-order valence-electron chi connectivity index (χ2n) is 6.93. The fraction of sp³-hybridized carbons (Fsp3) is 0.0909. The smallest absolute Gasteiger partial charge is 0.412 e. The van der Waals surface area contributed by atoms with Crippen LogP contribution in [0.15, 0.2) is 73.1 Å². The number of amides is 1. The lowest BCUT2D eigenvalue weighted by Gasteiger charge is -2.10. The van der Waals surface area contributed by atoms with Crippen molar-refractivity contribution in [2.24, 2.45) is 0 Å². The Balaban J connectivity index is 1.58. The molecule has 9 heteroatoms. The van der Waals surface area contributed by atoms with Crippen LogP contribution in [0.5, 0.6) is 0 Å². The van der Waals surface area contributed by atoms with Gasteiger partial charge >= 0.3 is 6.09 Å². The molecule has 0 aliphatic rings. The number of sulfonamides is 1. The van der Waals surface area contributed by atoms with E-state index in [1.807, 2.05) is 42.5 Å². The van der Waals surface area contributed by atoms with E-state index in [4.69, 9.17) is 4.74 Å². The SMILES string of the molecule is CS(=O)(=O)Nc1ccccc1-c1c[nH]c2ncc(NC(=O)OCc3ccccc3)cc12. The van der Waals surface area contributed by atoms with Crippen LogP contribution in [0.1, 0.15) is 5.56 Å². The molecular weight excluding hydrogens is 416 g/mol. The predicted octanol–water partition coefficient (Wildman–Crippen LogP) is 4.35. The van der Waals surface area contributed by atoms with E-state index in [0.717, 1.165) is 22.8 Å². The van der Waals surface area contributed by atoms with E-state index in [-0.39, 0.29) is 6.61 Å². The summed E-state index contributed by atoms with van der Waals surface area (Å²) < 4.78 is 31.2. The Bertz CT molecular complexity index is 1330. The summed E-state index contributed by atoms with van der Waals surface area (Å²) in [5.41, 5.74) is 3.83. The lowest BCUT2D eigenvalue weighted by molar-refractivity contribution is 0.155. The fourth-order valence-electron chi connectivity index (χ4n) is 3.18. The number of fused-ring (bicyclic) bond motifs is 1. The highest BCUT2D eigenvalue weighted by atomic mass is 32.2. The van der Waals surface area contributed by atoms with Crippen LogP contribution >= 0.6 is 0 Å². The standard InChI is InChI=1S/C22H20N4O4S/c1-31(28,29)26-20-10-6-5-9-17(20)19-13-24-21-18(19)11-16(12-23-21)25-22(27)30-14-15-7-3-2-4-8-15/h2-13,26H,14H2,1H3,(H,23,24)(H,25,27). The molecule has 8 nitrogen and oxygen atoms in total. The van der Waals surface area contributed by atoms with Gasteiger partial charge in [0.15, 0.2) is 0 Å². The number of benzene rings is 2. The lowest BCUT2D eigenvalue weighted by atomic mass is 10.0. The number of aromatic amines is 1. The van der Waals surface area contributed by atoms with Crippen LogP contribution in [0.25, 0.3) is 22.2 Å². The van der Waals surface area contributed by atoms with Crippen molar-refractivity contribution in [3.05, 3.63) is 78.6 Å². The molecule has 0 radical (unpaired) electrons. The molecule has 0 saturated carbocycles. The Labute approximate surface area is 179 Å². The molecule has 0 bridgehead atoms. The van der Waals surface area contributed by atoms with E-state index < -0.39 is 16.1 Å². The maximum absolute atomic E-state index is 12.2. The first-order valence-corrected chi connectivity index (χ1v) is 11.3. The Morgan fingerprint density at radius 2 is 1.81 bits per heavy atom. The Kier molecular flexibility index (Phi) is 5.59. The number of H-pyrrole nitrogens is 1. The molecule has 0 unspecified atom stereocenters. The van der Waals surface area contributed by atoms with Crippen molar-refractivity contribution < 1.29 is 17.9 Å². The van der Waals surface area contributed by atoms with Gasteiger partial charge in [-0.1, -0.05) is 48.5 Å². The van der Waals surface area contributed by atoms with Gasteiger partial charge < -0.3 is 9.72 Å². The number of carbonyl (C=O) groups excluding carboxylic acids is 1. The van der Waals surface area contributed by atoms with Crippen LogP contribution in [-0.4, -0.2) is 30.7 Å². The van der Waals surface area contributed by atoms with Crippen LogP contribution in [-0.2, 0) is 21.4 Å². The third-order valence-corrected chi connectivity index (χ3v) is 5.09. The molecule has 0 saturated heterocycles. The molecule has 1 amide bonds. The zero-order valence-corrected chi connectivity index (χ0v) is 17.4. The van der Waals surface area contributed by atoms with Gasteiger partial charge in [-0.05, 0) is 17.7 Å². The van der Waals surface area contributed by atoms with Crippen molar-refractivity contribution in [1.82, 2.24) is 9.97 Å². The van der Waals surface area contributed by atoms with E-state index in [9.17, 15) is 13.2 Å². The van der Waals surface area contributed by atoms with Gasteiger partial charge in [-0.3, -0.25) is 10.0 Å². The zero-order chi connectivity index (χ0) is 21.8. The average Bonchev–Trinajstić information content (AvgIpc) is 3.15. The molecule has 0 atom stereocenters. The van der Waals surface area contributed by atoms with Crippen LogP contribution < -0.4 is 10.0 Å². The number of hydrogen-bond acceptors (Lipinski definition) is 5. The topological polar surface area (TPSA) is 113 Å². The monoisotopic (exact) mass is 436 g/mol. The summed E-state index contributed by atoms with van der Waals surface area (Å²) in [7, 11) is -3.45. The van der Waals surface area contributed by atoms with E-state index in [0.29, 0.717) is 22.6 Å². The van der Waals surface area contributed by atoms with Crippen molar-refractivity contribution in [1.29, 1.82) is 0 Å². The van der Waals surface area contributed by atoms with Crippen LogP contribution in [0, 0.1) is 0 Å². The lowest BCUT2D eigenvalue weighted by Crippen LogP contribution is -2.13. The van der Waals surface area contributed by atoms with Gasteiger partial charge in [0.1, 0.15) is 12.3 Å². The van der Waals surface area contributed by atoms with E-state index in [1.165, 1.54) is 6.20 Å². The highest BCUT2D eigenvalue weighted by molar-refractivity contribution is 7.92. The molecule has 31 heavy (non-hydrogen) atoms. The maximum atomic E-state index is 12.2. The number of rotatable bonds is 6. The molecule has 0 aliphatic heterocycles. The number of nitrogens with zero attached hydrogens (tertiary/aromatic N) is 1. The Hall–Kier alpha value is -3.85. The summed E-state index contributed by atoms with van der Waals surface area (Å²) in [6.45, 7) is 0.155. The molecule has 0 aliphatic carbocycles. The van der Waals surface area contributed by atoms with Gasteiger partial charge in [0, 0.05) is 22.7 Å². The number of carbonyl (C=O) groups is 1. The van der Waals surface area contributed by atoms with E-state index in [1.54, 1.807) is 24.4 Å². The number of aromatic nitrogens is 2. The second-order valence-corrected chi connectivity index (χ2v) is 8.68. The summed E-state index contributed by atoms with van der Waals surface area (Å²) >= 11 is 0. The summed E-state index contributed by atoms with van der Waals surface area (Å²) in [5, 5.41) is 3.40. The van der Waals surface area contributed by atoms with Crippen LogP contribution in [0.2, 0.25) is 0 Å². The first-order chi connectivity index (χ1) is 14.9. The minimum atomic E-state index is -3.45. The first-order valence-electron chi connectivity index (χ1n) is 9.41. The molecule has 0 spiro atoms. The molecule has 2 aromatic carbocycles. The van der Waals surface area contributed by atoms with E-state index in [2.05, 4.69) is 20.0 Å². The van der Waals surface area contributed by atoms with Crippen molar-refractivity contribution in [3.63, 3.8) is 0 Å². The van der Waals surface area contributed by atoms with Gasteiger partial charge in [0.25, 0.3) is 0 Å². The largest absolute Gasteiger partial charge is 0.444 e. The van der Waals surface area contributed by atoms with Gasteiger partial charge in [-0.15, -0.1) is 0 Å². The van der Waals surface area contributed by atoms with Crippen molar-refractivity contribution in [2.75, 3.05) is 16.3 Å². The second kappa shape index (κ2) is 8.49. The third-order valence-electron chi connectivity index (χ3n) is 4.50. The summed E-state index contributed by atoms with van der Waals surface area (Å²) in [5.74, 6) is 0. The summed E-state index contributed by atoms with van der Waals surface area (Å²) in [6, 6.07) is 18.2. The molecule has 2 heterocycles. The van der Waals surface area contributed by atoms with Crippen molar-refractivity contribution >= 4 is 38.5 Å². The zero-order valence-electron chi connectivity index (χ0n) is 16.6. The molecule has 0 fully saturated rings. The summed E-state index contributed by atoms with van der Waals surface area (Å²) in [6.07, 6.45) is 3.77. The van der Waals surface area contributed by atoms with Gasteiger partial charge in [-0.25, -0.2) is 18.2 Å². The van der Waals surface area contributed by atoms with Crippen LogP contribution in [0.3, 0.4) is 0 Å². The van der Waals surface area contributed by atoms with Gasteiger partial charge in [0.2, 0.25) is 10.0 Å². The molecule has 4 rings (SSSR count). The number of nitrogens with one attached hydrogen (secondary N) is 3. The van der Waals surface area contributed by atoms with Crippen LogP contribution in [0.4, 0.5) is 16.2 Å². The number of anilines is 2. The molecular formula is C22H20N4O4S. The normalized spacial score (nSPS) is 11.3. The van der Waals surface area contributed by atoms with E-state index >= 15 is 0 Å². The van der Waals surface area contributed by atoms with Gasteiger partial charge in [0.05, 0.1) is 23.8 Å². The Morgan fingerprint density at radius 3 is 2.58 bits per heavy atom.